The summed E-state index contributed by atoms with van der Waals surface area (Å²) in [6.45, 7) is 3.61. The van der Waals surface area contributed by atoms with Gasteiger partial charge in [0, 0.05) is 12.3 Å². The Labute approximate surface area is 114 Å². The third kappa shape index (κ3) is 1.65. The van der Waals surface area contributed by atoms with Gasteiger partial charge in [-0.25, -0.2) is 0 Å². The lowest BCUT2D eigenvalue weighted by Crippen LogP contribution is -2.48. The fraction of sp³-hybridized carbons (Fsp3) is 0.706. The largest absolute Gasteiger partial charge is 0.457 e. The minimum absolute atomic E-state index is 0.0634. The number of furan rings is 1. The van der Waals surface area contributed by atoms with E-state index in [1.165, 1.54) is 38.5 Å². The number of hydrogen-bond donors (Lipinski definition) is 0. The highest BCUT2D eigenvalue weighted by Gasteiger charge is 2.53. The molecule has 4 saturated carbocycles. The lowest BCUT2D eigenvalue weighted by Gasteiger charge is -2.55. The SMILES string of the molecule is CC(=O)c1oc(C23CC4CC(CC(C4)C2)C3)cc1C. The fourth-order valence-electron chi connectivity index (χ4n) is 5.51. The maximum Gasteiger partial charge on any atom is 0.195 e. The van der Waals surface area contributed by atoms with Gasteiger partial charge in [0.25, 0.3) is 0 Å². The van der Waals surface area contributed by atoms with Crippen molar-refractivity contribution in [2.24, 2.45) is 17.8 Å². The van der Waals surface area contributed by atoms with Gasteiger partial charge in [-0.1, -0.05) is 0 Å². The quantitative estimate of drug-likeness (QED) is 0.742. The van der Waals surface area contributed by atoms with Gasteiger partial charge in [0.15, 0.2) is 11.5 Å². The molecule has 0 amide bonds. The van der Waals surface area contributed by atoms with E-state index in [4.69, 9.17) is 4.42 Å². The zero-order chi connectivity index (χ0) is 13.2. The van der Waals surface area contributed by atoms with Gasteiger partial charge in [0.2, 0.25) is 0 Å². The molecular weight excluding hydrogens is 236 g/mol. The van der Waals surface area contributed by atoms with Crippen LogP contribution in [0, 0.1) is 24.7 Å². The van der Waals surface area contributed by atoms with Crippen molar-refractivity contribution in [1.82, 2.24) is 0 Å². The summed E-state index contributed by atoms with van der Waals surface area (Å²) in [6.07, 6.45) is 8.21. The first kappa shape index (κ1) is 11.7. The number of Topliss-reactive ketones (excluding diaryl/α,β-unsaturated/α-hetero) is 1. The first-order chi connectivity index (χ1) is 9.06. The summed E-state index contributed by atoms with van der Waals surface area (Å²) in [5, 5.41) is 0. The zero-order valence-electron chi connectivity index (χ0n) is 11.9. The molecule has 102 valence electrons. The Balaban J connectivity index is 1.75. The average Bonchev–Trinajstić information content (AvgIpc) is 2.70. The molecule has 0 atom stereocenters. The van der Waals surface area contributed by atoms with E-state index in [0.29, 0.717) is 5.76 Å². The van der Waals surface area contributed by atoms with E-state index in [1.54, 1.807) is 6.92 Å². The van der Waals surface area contributed by atoms with Crippen molar-refractivity contribution in [3.05, 3.63) is 23.2 Å². The topological polar surface area (TPSA) is 30.2 Å². The lowest BCUT2D eigenvalue weighted by atomic mass is 9.49. The third-order valence-electron chi connectivity index (χ3n) is 5.80. The second-order valence-corrected chi connectivity index (χ2v) is 7.38. The average molecular weight is 258 g/mol. The van der Waals surface area contributed by atoms with Gasteiger partial charge >= 0.3 is 0 Å². The van der Waals surface area contributed by atoms with Crippen LogP contribution in [0.1, 0.15) is 67.3 Å². The van der Waals surface area contributed by atoms with E-state index in [0.717, 1.165) is 29.1 Å². The Morgan fingerprint density at radius 1 is 1.16 bits per heavy atom. The van der Waals surface area contributed by atoms with E-state index in [9.17, 15) is 4.79 Å². The Hall–Kier alpha value is -1.05. The van der Waals surface area contributed by atoms with Gasteiger partial charge in [0.05, 0.1) is 0 Å². The standard InChI is InChI=1S/C17H22O2/c1-10-3-15(19-16(10)11(2)18)17-7-12-4-13(8-17)6-14(5-12)9-17/h3,12-14H,4-9H2,1-2H3. The predicted octanol–water partition coefficient (Wildman–Crippen LogP) is 4.26. The number of carbonyl (C=O) groups is 1. The van der Waals surface area contributed by atoms with Crippen molar-refractivity contribution < 1.29 is 9.21 Å². The monoisotopic (exact) mass is 258 g/mol. The molecule has 0 unspecified atom stereocenters. The van der Waals surface area contributed by atoms with Crippen LogP contribution in [0.15, 0.2) is 10.5 Å². The second kappa shape index (κ2) is 3.74. The highest BCUT2D eigenvalue weighted by atomic mass is 16.3. The number of hydrogen-bond acceptors (Lipinski definition) is 2. The molecule has 19 heavy (non-hydrogen) atoms. The van der Waals surface area contributed by atoms with Gasteiger partial charge in [0.1, 0.15) is 5.76 Å². The summed E-state index contributed by atoms with van der Waals surface area (Å²) in [5.74, 6) is 4.51. The van der Waals surface area contributed by atoms with Gasteiger partial charge in [-0.05, 0) is 74.8 Å². The molecule has 0 N–H and O–H groups in total. The lowest BCUT2D eigenvalue weighted by molar-refractivity contribution is -0.0154. The van der Waals surface area contributed by atoms with Gasteiger partial charge in [-0.15, -0.1) is 0 Å². The number of rotatable bonds is 2. The van der Waals surface area contributed by atoms with Crippen molar-refractivity contribution in [2.45, 2.75) is 57.8 Å². The number of carbonyl (C=O) groups excluding carboxylic acids is 1. The Bertz CT molecular complexity index is 502. The van der Waals surface area contributed by atoms with E-state index in [1.807, 2.05) is 6.92 Å². The van der Waals surface area contributed by atoms with Crippen molar-refractivity contribution >= 4 is 5.78 Å². The van der Waals surface area contributed by atoms with Crippen LogP contribution in [0.5, 0.6) is 0 Å². The molecule has 0 spiro atoms. The molecule has 4 aliphatic rings. The highest BCUT2D eigenvalue weighted by molar-refractivity contribution is 5.92. The van der Waals surface area contributed by atoms with Crippen LogP contribution >= 0.6 is 0 Å². The molecule has 0 aliphatic heterocycles. The Morgan fingerprint density at radius 3 is 2.11 bits per heavy atom. The molecule has 0 saturated heterocycles. The van der Waals surface area contributed by atoms with Gasteiger partial charge in [-0.2, -0.15) is 0 Å². The van der Waals surface area contributed by atoms with Crippen molar-refractivity contribution in [3.63, 3.8) is 0 Å². The van der Waals surface area contributed by atoms with Crippen LogP contribution in [0.4, 0.5) is 0 Å². The fourth-order valence-corrected chi connectivity index (χ4v) is 5.51. The third-order valence-corrected chi connectivity index (χ3v) is 5.80. The van der Waals surface area contributed by atoms with Crippen LogP contribution < -0.4 is 0 Å². The maximum atomic E-state index is 11.6. The normalized spacial score (nSPS) is 39.8. The van der Waals surface area contributed by atoms with Gasteiger partial charge < -0.3 is 4.42 Å². The molecule has 5 rings (SSSR count). The molecule has 1 heterocycles. The molecule has 0 aromatic carbocycles. The van der Waals surface area contributed by atoms with Crippen molar-refractivity contribution in [1.29, 1.82) is 0 Å². The summed E-state index contributed by atoms with van der Waals surface area (Å²) in [7, 11) is 0. The molecule has 1 aromatic rings. The summed E-state index contributed by atoms with van der Waals surface area (Å²) in [6, 6.07) is 2.16. The van der Waals surface area contributed by atoms with Crippen LogP contribution in [-0.2, 0) is 5.41 Å². The van der Waals surface area contributed by atoms with Crippen molar-refractivity contribution in [3.8, 4) is 0 Å². The first-order valence-corrected chi connectivity index (χ1v) is 7.67. The molecule has 0 radical (unpaired) electrons. The summed E-state index contributed by atoms with van der Waals surface area (Å²) in [5.41, 5.74) is 1.30. The predicted molar refractivity (Wildman–Crippen MR) is 73.3 cm³/mol. The van der Waals surface area contributed by atoms with Crippen LogP contribution in [0.2, 0.25) is 0 Å². The minimum atomic E-state index is 0.0634. The Morgan fingerprint density at radius 2 is 1.68 bits per heavy atom. The van der Waals surface area contributed by atoms with Crippen LogP contribution in [0.3, 0.4) is 0 Å². The summed E-state index contributed by atoms with van der Waals surface area (Å²) < 4.78 is 6.01. The molecule has 2 nitrogen and oxygen atoms in total. The summed E-state index contributed by atoms with van der Waals surface area (Å²) in [4.78, 5) is 11.6. The number of ketones is 1. The summed E-state index contributed by atoms with van der Waals surface area (Å²) >= 11 is 0. The van der Waals surface area contributed by atoms with E-state index >= 15 is 0 Å². The van der Waals surface area contributed by atoms with Crippen LogP contribution in [0.25, 0.3) is 0 Å². The molecule has 4 bridgehead atoms. The zero-order valence-corrected chi connectivity index (χ0v) is 11.9. The molecule has 4 fully saturated rings. The molecular formula is C17H22O2. The van der Waals surface area contributed by atoms with E-state index in [-0.39, 0.29) is 11.2 Å². The first-order valence-electron chi connectivity index (χ1n) is 7.67. The second-order valence-electron chi connectivity index (χ2n) is 7.38. The van der Waals surface area contributed by atoms with E-state index < -0.39 is 0 Å². The number of aryl methyl sites for hydroxylation is 1. The highest BCUT2D eigenvalue weighted by Crippen LogP contribution is 2.61. The Kier molecular flexibility index (Phi) is 2.31. The van der Waals surface area contributed by atoms with Crippen molar-refractivity contribution in [2.75, 3.05) is 0 Å². The molecule has 1 aromatic heterocycles. The maximum absolute atomic E-state index is 11.6. The minimum Gasteiger partial charge on any atom is -0.457 e. The van der Waals surface area contributed by atoms with Crippen LogP contribution in [-0.4, -0.2) is 5.78 Å². The molecule has 4 aliphatic carbocycles. The smallest absolute Gasteiger partial charge is 0.195 e. The van der Waals surface area contributed by atoms with E-state index in [2.05, 4.69) is 6.07 Å². The molecule has 2 heteroatoms. The van der Waals surface area contributed by atoms with Gasteiger partial charge in [-0.3, -0.25) is 4.79 Å².